The molecular weight excluding hydrogens is 170 g/mol. The smallest absolute Gasteiger partial charge is 0.0685 e. The maximum Gasteiger partial charge on any atom is 0.0685 e. The molecule has 0 saturated carbocycles. The Hall–Kier alpha value is -0.380. The zero-order valence-electron chi connectivity index (χ0n) is 7.03. The lowest BCUT2D eigenvalue weighted by Crippen LogP contribution is -2.29. The molecule has 0 atom stereocenters. The molecule has 0 unspecified atom stereocenters. The van der Waals surface area contributed by atoms with Crippen molar-refractivity contribution in [3.05, 3.63) is 22.4 Å². The Labute approximate surface area is 76.7 Å². The number of thiophene rings is 1. The van der Waals surface area contributed by atoms with E-state index in [1.54, 1.807) is 11.3 Å². The van der Waals surface area contributed by atoms with Crippen molar-refractivity contribution in [2.75, 3.05) is 13.2 Å². The fourth-order valence-electron chi connectivity index (χ4n) is 1.35. The van der Waals surface area contributed by atoms with Gasteiger partial charge in [0.05, 0.1) is 13.2 Å². The van der Waals surface area contributed by atoms with Crippen LogP contribution in [0.3, 0.4) is 0 Å². The van der Waals surface area contributed by atoms with Crippen LogP contribution in [0.4, 0.5) is 0 Å². The van der Waals surface area contributed by atoms with E-state index in [2.05, 4.69) is 22.6 Å². The van der Waals surface area contributed by atoms with Crippen molar-refractivity contribution >= 4 is 11.3 Å². The van der Waals surface area contributed by atoms with Gasteiger partial charge in [-0.2, -0.15) is 5.06 Å². The number of hydrogen-bond acceptors (Lipinski definition) is 3. The second-order valence-electron chi connectivity index (χ2n) is 2.98. The molecule has 3 heteroatoms. The number of nitrogens with zero attached hydrogens (tertiary/aromatic N) is 1. The third-order valence-electron chi connectivity index (χ3n) is 1.99. The fourth-order valence-corrected chi connectivity index (χ4v) is 2.06. The summed E-state index contributed by atoms with van der Waals surface area (Å²) in [5.41, 5.74) is 0. The van der Waals surface area contributed by atoms with Gasteiger partial charge in [-0.05, 0) is 24.3 Å². The minimum absolute atomic E-state index is 0.894. The van der Waals surface area contributed by atoms with Gasteiger partial charge in [-0.3, -0.25) is 4.84 Å². The van der Waals surface area contributed by atoms with Gasteiger partial charge in [-0.15, -0.1) is 11.3 Å². The summed E-state index contributed by atoms with van der Waals surface area (Å²) in [4.78, 5) is 6.88. The maximum atomic E-state index is 5.49. The summed E-state index contributed by atoms with van der Waals surface area (Å²) in [6.07, 6.45) is 2.48. The molecule has 1 fully saturated rings. The van der Waals surface area contributed by atoms with E-state index in [-0.39, 0.29) is 0 Å². The molecule has 0 aromatic carbocycles. The molecule has 1 saturated heterocycles. The largest absolute Gasteiger partial charge is 0.299 e. The summed E-state index contributed by atoms with van der Waals surface area (Å²) in [6, 6.07) is 4.24. The first kappa shape index (κ1) is 8.23. The highest BCUT2D eigenvalue weighted by molar-refractivity contribution is 7.09. The summed E-state index contributed by atoms with van der Waals surface area (Å²) in [5, 5.41) is 4.18. The summed E-state index contributed by atoms with van der Waals surface area (Å²) < 4.78 is 0. The fraction of sp³-hybridized carbons (Fsp3) is 0.556. The maximum absolute atomic E-state index is 5.49. The van der Waals surface area contributed by atoms with Crippen molar-refractivity contribution in [2.45, 2.75) is 19.4 Å². The molecule has 2 nitrogen and oxygen atoms in total. The van der Waals surface area contributed by atoms with Crippen molar-refractivity contribution in [3.63, 3.8) is 0 Å². The van der Waals surface area contributed by atoms with Crippen LogP contribution in [0.15, 0.2) is 17.5 Å². The van der Waals surface area contributed by atoms with Crippen molar-refractivity contribution in [2.24, 2.45) is 0 Å². The van der Waals surface area contributed by atoms with Crippen LogP contribution in [-0.2, 0) is 11.4 Å². The van der Waals surface area contributed by atoms with Gasteiger partial charge in [0.2, 0.25) is 0 Å². The zero-order valence-corrected chi connectivity index (χ0v) is 7.85. The molecule has 66 valence electrons. The first-order valence-corrected chi connectivity index (χ1v) is 5.23. The van der Waals surface area contributed by atoms with Crippen LogP contribution in [0.2, 0.25) is 0 Å². The van der Waals surface area contributed by atoms with Gasteiger partial charge in [0, 0.05) is 11.4 Å². The molecule has 0 bridgehead atoms. The van der Waals surface area contributed by atoms with Gasteiger partial charge >= 0.3 is 0 Å². The number of hydroxylamine groups is 2. The predicted octanol–water partition coefficient (Wildman–Crippen LogP) is 2.28. The van der Waals surface area contributed by atoms with Crippen LogP contribution in [0.5, 0.6) is 0 Å². The molecule has 12 heavy (non-hydrogen) atoms. The third kappa shape index (κ3) is 2.06. The Kier molecular flexibility index (Phi) is 2.76. The minimum atomic E-state index is 0.894. The second kappa shape index (κ2) is 4.03. The van der Waals surface area contributed by atoms with E-state index in [9.17, 15) is 0 Å². The normalized spacial score (nSPS) is 19.7. The summed E-state index contributed by atoms with van der Waals surface area (Å²) in [5.74, 6) is 0. The van der Waals surface area contributed by atoms with Crippen LogP contribution in [0, 0.1) is 0 Å². The highest BCUT2D eigenvalue weighted by Gasteiger charge is 2.10. The van der Waals surface area contributed by atoms with Gasteiger partial charge in [0.15, 0.2) is 0 Å². The second-order valence-corrected chi connectivity index (χ2v) is 4.02. The Morgan fingerprint density at radius 1 is 1.50 bits per heavy atom. The van der Waals surface area contributed by atoms with E-state index < -0.39 is 0 Å². The van der Waals surface area contributed by atoms with Crippen LogP contribution in [-0.4, -0.2) is 18.2 Å². The van der Waals surface area contributed by atoms with Gasteiger partial charge in [0.1, 0.15) is 0 Å². The summed E-state index contributed by atoms with van der Waals surface area (Å²) in [6.45, 7) is 2.93. The topological polar surface area (TPSA) is 12.5 Å². The highest BCUT2D eigenvalue weighted by atomic mass is 32.1. The van der Waals surface area contributed by atoms with Crippen molar-refractivity contribution in [3.8, 4) is 0 Å². The third-order valence-corrected chi connectivity index (χ3v) is 2.85. The monoisotopic (exact) mass is 183 g/mol. The zero-order chi connectivity index (χ0) is 8.23. The Balaban J connectivity index is 1.86. The highest BCUT2D eigenvalue weighted by Crippen LogP contribution is 2.14. The van der Waals surface area contributed by atoms with E-state index in [1.165, 1.54) is 17.7 Å². The average molecular weight is 183 g/mol. The lowest BCUT2D eigenvalue weighted by Gasteiger charge is -2.25. The first-order chi connectivity index (χ1) is 5.95. The van der Waals surface area contributed by atoms with Crippen LogP contribution < -0.4 is 0 Å². The molecular formula is C9H13NOS. The summed E-state index contributed by atoms with van der Waals surface area (Å²) in [7, 11) is 0. The number of hydrogen-bond donors (Lipinski definition) is 0. The molecule has 0 aliphatic carbocycles. The van der Waals surface area contributed by atoms with Gasteiger partial charge < -0.3 is 0 Å². The van der Waals surface area contributed by atoms with E-state index in [0.29, 0.717) is 0 Å². The Morgan fingerprint density at radius 3 is 3.17 bits per heavy atom. The molecule has 2 rings (SSSR count). The molecule has 1 aliphatic rings. The average Bonchev–Trinajstić information content (AvgIpc) is 2.59. The van der Waals surface area contributed by atoms with Crippen molar-refractivity contribution in [1.29, 1.82) is 0 Å². The lowest BCUT2D eigenvalue weighted by molar-refractivity contribution is -0.186. The molecule has 1 aromatic heterocycles. The van der Waals surface area contributed by atoms with Crippen LogP contribution in [0.1, 0.15) is 17.7 Å². The van der Waals surface area contributed by atoms with Crippen LogP contribution >= 0.6 is 11.3 Å². The van der Waals surface area contributed by atoms with E-state index in [0.717, 1.165) is 19.7 Å². The van der Waals surface area contributed by atoms with Crippen LogP contribution in [0.25, 0.3) is 0 Å². The van der Waals surface area contributed by atoms with Crippen molar-refractivity contribution < 1.29 is 4.84 Å². The Morgan fingerprint density at radius 2 is 2.50 bits per heavy atom. The lowest BCUT2D eigenvalue weighted by atomic mass is 10.3. The standard InChI is InChI=1S/C9H13NOS/c1-2-6-11-10(5-1)8-9-4-3-7-12-9/h3-4,7H,1-2,5-6,8H2. The number of rotatable bonds is 2. The van der Waals surface area contributed by atoms with E-state index >= 15 is 0 Å². The SMILES string of the molecule is c1csc(CN2CCCCO2)c1. The Bertz CT molecular complexity index is 216. The van der Waals surface area contributed by atoms with E-state index in [1.807, 2.05) is 0 Å². The van der Waals surface area contributed by atoms with Gasteiger partial charge in [-0.1, -0.05) is 6.07 Å². The minimum Gasteiger partial charge on any atom is -0.299 e. The molecule has 1 aromatic rings. The quantitative estimate of drug-likeness (QED) is 0.697. The molecule has 0 radical (unpaired) electrons. The molecule has 0 spiro atoms. The molecule has 0 amide bonds. The molecule has 0 N–H and O–H groups in total. The molecule has 2 heterocycles. The molecule has 1 aliphatic heterocycles. The predicted molar refractivity (Wildman–Crippen MR) is 49.9 cm³/mol. The van der Waals surface area contributed by atoms with Gasteiger partial charge in [0.25, 0.3) is 0 Å². The first-order valence-electron chi connectivity index (χ1n) is 4.35. The van der Waals surface area contributed by atoms with Gasteiger partial charge in [-0.25, -0.2) is 0 Å². The van der Waals surface area contributed by atoms with Crippen molar-refractivity contribution in [1.82, 2.24) is 5.06 Å². The summed E-state index contributed by atoms with van der Waals surface area (Å²) >= 11 is 1.79. The van der Waals surface area contributed by atoms with E-state index in [4.69, 9.17) is 4.84 Å².